The molecule has 2 aromatic heterocycles. The molecule has 0 radical (unpaired) electrons. The largest absolute Gasteiger partial charge is 0.497 e. The van der Waals surface area contributed by atoms with Crippen LogP contribution in [0.25, 0.3) is 21.8 Å². The first-order valence-electron chi connectivity index (χ1n) is 12.6. The molecule has 4 rings (SSSR count). The normalized spacial score (nSPS) is 13.7. The van der Waals surface area contributed by atoms with Gasteiger partial charge in [-0.05, 0) is 83.4 Å². The molecule has 0 saturated carbocycles. The summed E-state index contributed by atoms with van der Waals surface area (Å²) in [6.45, 7) is 7.16. The number of halogens is 1. The maximum atomic E-state index is 14.1. The van der Waals surface area contributed by atoms with Crippen molar-refractivity contribution in [3.05, 3.63) is 60.2 Å². The molecule has 0 amide bonds. The Bertz CT molecular complexity index is 1330. The fourth-order valence-corrected chi connectivity index (χ4v) is 4.80. The van der Waals surface area contributed by atoms with E-state index in [9.17, 15) is 4.39 Å². The van der Waals surface area contributed by atoms with Crippen LogP contribution < -0.4 is 9.47 Å². The lowest BCUT2D eigenvalue weighted by atomic mass is 10.1. The summed E-state index contributed by atoms with van der Waals surface area (Å²) in [7, 11) is 9.65. The van der Waals surface area contributed by atoms with Crippen molar-refractivity contribution in [1.82, 2.24) is 18.9 Å². The van der Waals surface area contributed by atoms with Crippen LogP contribution in [0.3, 0.4) is 0 Å². The molecule has 2 aromatic carbocycles. The summed E-state index contributed by atoms with van der Waals surface area (Å²) in [5.74, 6) is 0.863. The summed E-state index contributed by atoms with van der Waals surface area (Å²) < 4.78 is 29.5. The van der Waals surface area contributed by atoms with E-state index in [4.69, 9.17) is 9.47 Å². The quantitative estimate of drug-likeness (QED) is 0.285. The van der Waals surface area contributed by atoms with E-state index in [1.165, 1.54) is 29.6 Å². The molecule has 0 spiro atoms. The standard InChI is InChI=1S/C29H39FN4O2/c1-20(31(3)4)17-34-19-22(25-16-23(35-6)8-10-28(25)34)12-14-32(5)21(2)18-33-15-13-24-27(33)11-9-26(30)29(24)36-7/h8-11,13,15-16,19-21H,12,14,17-18H2,1-7H3/t20-,21-/m1/s1. The summed E-state index contributed by atoms with van der Waals surface area (Å²) in [5, 5.41) is 2.06. The maximum Gasteiger partial charge on any atom is 0.165 e. The molecule has 0 N–H and O–H groups in total. The predicted octanol–water partition coefficient (Wildman–Crippen LogP) is 5.27. The Morgan fingerprint density at radius 2 is 1.56 bits per heavy atom. The maximum absolute atomic E-state index is 14.1. The molecular formula is C29H39FN4O2. The number of likely N-dealkylation sites (N-methyl/N-ethyl adjacent to an activating group) is 2. The molecule has 4 aromatic rings. The second-order valence-electron chi connectivity index (χ2n) is 10.1. The van der Waals surface area contributed by atoms with Crippen molar-refractivity contribution in [2.24, 2.45) is 0 Å². The minimum absolute atomic E-state index is 0.299. The van der Waals surface area contributed by atoms with E-state index >= 15 is 0 Å². The molecule has 0 unspecified atom stereocenters. The zero-order valence-electron chi connectivity index (χ0n) is 22.6. The molecule has 6 nitrogen and oxygen atoms in total. The lowest BCUT2D eigenvalue weighted by Gasteiger charge is -2.25. The Morgan fingerprint density at radius 3 is 2.25 bits per heavy atom. The van der Waals surface area contributed by atoms with Crippen LogP contribution in [-0.2, 0) is 19.5 Å². The van der Waals surface area contributed by atoms with Crippen molar-refractivity contribution in [3.8, 4) is 11.5 Å². The Kier molecular flexibility index (Phi) is 7.91. The van der Waals surface area contributed by atoms with Gasteiger partial charge in [-0.2, -0.15) is 0 Å². The van der Waals surface area contributed by atoms with Crippen LogP contribution in [0.4, 0.5) is 4.39 Å². The highest BCUT2D eigenvalue weighted by molar-refractivity contribution is 5.87. The van der Waals surface area contributed by atoms with Crippen LogP contribution in [0.15, 0.2) is 48.8 Å². The number of hydrogen-bond donors (Lipinski definition) is 0. The van der Waals surface area contributed by atoms with E-state index in [0.717, 1.165) is 42.7 Å². The van der Waals surface area contributed by atoms with Crippen LogP contribution >= 0.6 is 0 Å². The minimum atomic E-state index is -0.330. The first kappa shape index (κ1) is 26.0. The van der Waals surface area contributed by atoms with Crippen molar-refractivity contribution >= 4 is 21.8 Å². The Balaban J connectivity index is 1.50. The second kappa shape index (κ2) is 10.9. The highest BCUT2D eigenvalue weighted by atomic mass is 19.1. The van der Waals surface area contributed by atoms with E-state index in [2.05, 4.69) is 72.3 Å². The van der Waals surface area contributed by atoms with Crippen LogP contribution in [0.1, 0.15) is 19.4 Å². The monoisotopic (exact) mass is 494 g/mol. The first-order valence-corrected chi connectivity index (χ1v) is 12.6. The summed E-state index contributed by atoms with van der Waals surface area (Å²) in [6, 6.07) is 12.3. The Hall–Kier alpha value is -3.03. The molecule has 0 aliphatic rings. The number of nitrogens with zero attached hydrogens (tertiary/aromatic N) is 4. The van der Waals surface area contributed by atoms with E-state index in [1.54, 1.807) is 7.11 Å². The molecular weight excluding hydrogens is 455 g/mol. The number of fused-ring (bicyclic) bond motifs is 2. The molecule has 2 atom stereocenters. The van der Waals surface area contributed by atoms with Gasteiger partial charge in [-0.1, -0.05) is 0 Å². The van der Waals surface area contributed by atoms with Gasteiger partial charge in [0.1, 0.15) is 5.75 Å². The van der Waals surface area contributed by atoms with Crippen LogP contribution in [-0.4, -0.2) is 72.9 Å². The fraction of sp³-hybridized carbons (Fsp3) is 0.448. The van der Waals surface area contributed by atoms with E-state index in [1.807, 2.05) is 24.4 Å². The molecule has 0 aliphatic heterocycles. The molecule has 0 bridgehead atoms. The van der Waals surface area contributed by atoms with Crippen molar-refractivity contribution in [2.75, 3.05) is 41.9 Å². The van der Waals surface area contributed by atoms with Gasteiger partial charge in [-0.25, -0.2) is 4.39 Å². The first-order chi connectivity index (χ1) is 17.2. The molecule has 0 aliphatic carbocycles. The second-order valence-corrected chi connectivity index (χ2v) is 10.1. The summed E-state index contributed by atoms with van der Waals surface area (Å²) in [6.07, 6.45) is 5.27. The smallest absolute Gasteiger partial charge is 0.165 e. The number of rotatable bonds is 11. The highest BCUT2D eigenvalue weighted by Gasteiger charge is 2.17. The summed E-state index contributed by atoms with van der Waals surface area (Å²) >= 11 is 0. The van der Waals surface area contributed by atoms with Gasteiger partial charge in [0.2, 0.25) is 0 Å². The molecule has 0 fully saturated rings. The number of ether oxygens (including phenoxy) is 2. The van der Waals surface area contributed by atoms with Gasteiger partial charge in [0.05, 0.1) is 19.7 Å². The van der Waals surface area contributed by atoms with Gasteiger partial charge in [0.15, 0.2) is 11.6 Å². The van der Waals surface area contributed by atoms with Crippen molar-refractivity contribution in [2.45, 2.75) is 45.4 Å². The fourth-order valence-electron chi connectivity index (χ4n) is 4.80. The third-order valence-corrected chi connectivity index (χ3v) is 7.52. The van der Waals surface area contributed by atoms with E-state index < -0.39 is 0 Å². The van der Waals surface area contributed by atoms with Gasteiger partial charge in [-0.15, -0.1) is 0 Å². The predicted molar refractivity (Wildman–Crippen MR) is 146 cm³/mol. The summed E-state index contributed by atoms with van der Waals surface area (Å²) in [5.41, 5.74) is 3.56. The molecule has 0 saturated heterocycles. The SMILES string of the molecule is COc1ccc2c(c1)c(CCN(C)[C@H](C)Cn1ccc3c(OC)c(F)ccc31)cn2C[C@@H](C)N(C)C. The Morgan fingerprint density at radius 1 is 0.861 bits per heavy atom. The zero-order chi connectivity index (χ0) is 26.0. The lowest BCUT2D eigenvalue weighted by molar-refractivity contribution is 0.239. The lowest BCUT2D eigenvalue weighted by Crippen LogP contribution is -2.34. The van der Waals surface area contributed by atoms with Crippen LogP contribution in [0.5, 0.6) is 11.5 Å². The van der Waals surface area contributed by atoms with E-state index in [-0.39, 0.29) is 5.82 Å². The number of methoxy groups -OCH3 is 2. The molecule has 2 heterocycles. The average molecular weight is 495 g/mol. The van der Waals surface area contributed by atoms with Crippen molar-refractivity contribution < 1.29 is 13.9 Å². The number of benzene rings is 2. The van der Waals surface area contributed by atoms with Crippen LogP contribution in [0, 0.1) is 5.82 Å². The zero-order valence-corrected chi connectivity index (χ0v) is 22.6. The van der Waals surface area contributed by atoms with Crippen molar-refractivity contribution in [3.63, 3.8) is 0 Å². The number of hydrogen-bond acceptors (Lipinski definition) is 4. The van der Waals surface area contributed by atoms with Gasteiger partial charge >= 0.3 is 0 Å². The van der Waals surface area contributed by atoms with Gasteiger partial charge < -0.3 is 28.4 Å². The van der Waals surface area contributed by atoms with Gasteiger partial charge in [-0.3, -0.25) is 0 Å². The molecule has 194 valence electrons. The molecule has 7 heteroatoms. The van der Waals surface area contributed by atoms with Gasteiger partial charge in [0.25, 0.3) is 0 Å². The topological polar surface area (TPSA) is 34.8 Å². The third-order valence-electron chi connectivity index (χ3n) is 7.52. The molecule has 36 heavy (non-hydrogen) atoms. The van der Waals surface area contributed by atoms with Gasteiger partial charge in [0, 0.05) is 60.4 Å². The van der Waals surface area contributed by atoms with Crippen LogP contribution in [0.2, 0.25) is 0 Å². The summed E-state index contributed by atoms with van der Waals surface area (Å²) in [4.78, 5) is 4.64. The van der Waals surface area contributed by atoms with E-state index in [0.29, 0.717) is 17.8 Å². The Labute approximate surface area is 213 Å². The van der Waals surface area contributed by atoms with Crippen molar-refractivity contribution in [1.29, 1.82) is 0 Å². The third kappa shape index (κ3) is 5.22. The number of aromatic nitrogens is 2. The average Bonchev–Trinajstić information content (AvgIpc) is 3.42. The highest BCUT2D eigenvalue weighted by Crippen LogP contribution is 2.30. The minimum Gasteiger partial charge on any atom is -0.497 e.